The van der Waals surface area contributed by atoms with Gasteiger partial charge in [0, 0.05) is 0 Å². The summed E-state index contributed by atoms with van der Waals surface area (Å²) in [5.41, 5.74) is 8.77. The maximum absolute atomic E-state index is 9.30. The van der Waals surface area contributed by atoms with E-state index < -0.39 is 0 Å². The third-order valence-corrected chi connectivity index (χ3v) is 2.48. The van der Waals surface area contributed by atoms with Gasteiger partial charge in [-0.25, -0.2) is 0 Å². The van der Waals surface area contributed by atoms with E-state index in [0.29, 0.717) is 6.54 Å². The first-order valence-electron chi connectivity index (χ1n) is 4.65. The highest BCUT2D eigenvalue weighted by molar-refractivity contribution is 5.67. The van der Waals surface area contributed by atoms with E-state index in [-0.39, 0.29) is 11.5 Å². The fourth-order valence-corrected chi connectivity index (χ4v) is 1.79. The van der Waals surface area contributed by atoms with Crippen LogP contribution in [0.2, 0.25) is 0 Å². The molecule has 0 spiro atoms. The quantitative estimate of drug-likeness (QED) is 0.619. The highest BCUT2D eigenvalue weighted by Crippen LogP contribution is 2.34. The molecule has 4 N–H and O–H groups in total. The van der Waals surface area contributed by atoms with Gasteiger partial charge in [-0.2, -0.15) is 0 Å². The Labute approximate surface area is 82.5 Å². The van der Waals surface area contributed by atoms with E-state index >= 15 is 0 Å². The second kappa shape index (κ2) is 3.35. The van der Waals surface area contributed by atoms with Gasteiger partial charge in [-0.1, -0.05) is 11.6 Å². The van der Waals surface area contributed by atoms with Crippen LogP contribution in [0, 0.1) is 0 Å². The van der Waals surface area contributed by atoms with Crippen LogP contribution in [0.5, 0.6) is 11.5 Å². The number of fused-ring (bicyclic) bond motifs is 1. The van der Waals surface area contributed by atoms with Crippen molar-refractivity contribution >= 4 is 6.08 Å². The maximum atomic E-state index is 9.30. The van der Waals surface area contributed by atoms with Crippen LogP contribution in [0.4, 0.5) is 0 Å². The van der Waals surface area contributed by atoms with Crippen molar-refractivity contribution in [3.63, 3.8) is 0 Å². The molecule has 1 aromatic carbocycles. The molecule has 74 valence electrons. The molecule has 1 aliphatic carbocycles. The van der Waals surface area contributed by atoms with Gasteiger partial charge in [-0.3, -0.25) is 0 Å². The predicted octanol–water partition coefficient (Wildman–Crippen LogP) is 1.39. The molecule has 0 bridgehead atoms. The summed E-state index contributed by atoms with van der Waals surface area (Å²) in [6.07, 6.45) is 3.73. The summed E-state index contributed by atoms with van der Waals surface area (Å²) in [6, 6.07) is 3.21. The summed E-state index contributed by atoms with van der Waals surface area (Å²) >= 11 is 0. The van der Waals surface area contributed by atoms with E-state index in [0.717, 1.165) is 24.0 Å². The van der Waals surface area contributed by atoms with Crippen molar-refractivity contribution in [3.8, 4) is 11.5 Å². The van der Waals surface area contributed by atoms with E-state index in [1.807, 2.05) is 6.08 Å². The van der Waals surface area contributed by atoms with Gasteiger partial charge in [-0.05, 0) is 42.6 Å². The number of aromatic hydroxyl groups is 2. The van der Waals surface area contributed by atoms with Crippen LogP contribution in [0.3, 0.4) is 0 Å². The highest BCUT2D eigenvalue weighted by Gasteiger charge is 2.14. The summed E-state index contributed by atoms with van der Waals surface area (Å²) in [6.45, 7) is 0.637. The van der Waals surface area contributed by atoms with Gasteiger partial charge in [0.2, 0.25) is 0 Å². The van der Waals surface area contributed by atoms with Gasteiger partial charge in [-0.15, -0.1) is 0 Å². The van der Waals surface area contributed by atoms with Crippen LogP contribution in [0.15, 0.2) is 17.7 Å². The second-order valence-corrected chi connectivity index (χ2v) is 3.56. The zero-order valence-corrected chi connectivity index (χ0v) is 7.83. The molecular weight excluding hydrogens is 178 g/mol. The van der Waals surface area contributed by atoms with Gasteiger partial charge in [0.25, 0.3) is 0 Å². The zero-order chi connectivity index (χ0) is 10.1. The normalized spacial score (nSPS) is 13.9. The lowest BCUT2D eigenvalue weighted by molar-refractivity contribution is 0.403. The summed E-state index contributed by atoms with van der Waals surface area (Å²) in [7, 11) is 0. The van der Waals surface area contributed by atoms with Crippen LogP contribution in [-0.2, 0) is 6.42 Å². The second-order valence-electron chi connectivity index (χ2n) is 3.56. The largest absolute Gasteiger partial charge is 0.504 e. The van der Waals surface area contributed by atoms with Crippen LogP contribution in [-0.4, -0.2) is 16.8 Å². The van der Waals surface area contributed by atoms with E-state index in [4.69, 9.17) is 5.73 Å². The summed E-state index contributed by atoms with van der Waals surface area (Å²) in [5.74, 6) is -0.111. The number of phenols is 2. The predicted molar refractivity (Wildman–Crippen MR) is 55.1 cm³/mol. The van der Waals surface area contributed by atoms with E-state index in [1.165, 1.54) is 5.57 Å². The van der Waals surface area contributed by atoms with Crippen molar-refractivity contribution in [3.05, 3.63) is 28.8 Å². The Kier molecular flexibility index (Phi) is 2.17. The Balaban J connectivity index is 2.32. The molecule has 0 amide bonds. The Bertz CT molecular complexity index is 397. The molecule has 1 aliphatic rings. The highest BCUT2D eigenvalue weighted by atomic mass is 16.3. The van der Waals surface area contributed by atoms with Crippen molar-refractivity contribution in [2.24, 2.45) is 5.73 Å². The molecule has 0 unspecified atom stereocenters. The third kappa shape index (κ3) is 1.46. The van der Waals surface area contributed by atoms with Crippen molar-refractivity contribution in [1.82, 2.24) is 0 Å². The van der Waals surface area contributed by atoms with Gasteiger partial charge >= 0.3 is 0 Å². The first-order valence-corrected chi connectivity index (χ1v) is 4.65. The molecule has 14 heavy (non-hydrogen) atoms. The molecule has 0 aromatic heterocycles. The molecule has 2 rings (SSSR count). The fourth-order valence-electron chi connectivity index (χ4n) is 1.79. The average molecular weight is 191 g/mol. The number of rotatable bonds is 2. The minimum atomic E-state index is -0.0611. The van der Waals surface area contributed by atoms with Crippen molar-refractivity contribution in [1.29, 1.82) is 0 Å². The smallest absolute Gasteiger partial charge is 0.158 e. The number of phenolic OH excluding ortho intramolecular Hbond substituents is 2. The van der Waals surface area contributed by atoms with Crippen molar-refractivity contribution in [2.45, 2.75) is 12.8 Å². The molecule has 3 nitrogen and oxygen atoms in total. The lowest BCUT2D eigenvalue weighted by Gasteiger charge is -2.02. The maximum Gasteiger partial charge on any atom is 0.158 e. The summed E-state index contributed by atoms with van der Waals surface area (Å²) in [4.78, 5) is 0. The minimum absolute atomic E-state index is 0.0499. The van der Waals surface area contributed by atoms with Crippen molar-refractivity contribution < 1.29 is 10.2 Å². The molecule has 0 saturated heterocycles. The van der Waals surface area contributed by atoms with E-state index in [1.54, 1.807) is 12.1 Å². The van der Waals surface area contributed by atoms with Gasteiger partial charge < -0.3 is 15.9 Å². The topological polar surface area (TPSA) is 66.5 Å². The van der Waals surface area contributed by atoms with Crippen molar-refractivity contribution in [2.75, 3.05) is 6.54 Å². The molecule has 0 atom stereocenters. The lowest BCUT2D eigenvalue weighted by Crippen LogP contribution is -1.99. The Morgan fingerprint density at radius 1 is 1.21 bits per heavy atom. The van der Waals surface area contributed by atoms with Gasteiger partial charge in [0.15, 0.2) is 11.5 Å². The summed E-state index contributed by atoms with van der Waals surface area (Å²) in [5, 5.41) is 18.6. The molecule has 0 fully saturated rings. The molecule has 0 aliphatic heterocycles. The molecule has 1 aromatic rings. The number of hydrogen-bond acceptors (Lipinski definition) is 3. The number of hydrogen-bond donors (Lipinski definition) is 3. The molecule has 0 radical (unpaired) electrons. The molecular formula is C11H13NO2. The lowest BCUT2D eigenvalue weighted by atomic mass is 10.1. The summed E-state index contributed by atoms with van der Waals surface area (Å²) < 4.78 is 0. The first kappa shape index (κ1) is 9.09. The van der Waals surface area contributed by atoms with Crippen LogP contribution >= 0.6 is 0 Å². The average Bonchev–Trinajstić information content (AvgIpc) is 2.48. The number of benzene rings is 1. The van der Waals surface area contributed by atoms with Crippen LogP contribution in [0.25, 0.3) is 6.08 Å². The molecule has 0 heterocycles. The third-order valence-electron chi connectivity index (χ3n) is 2.48. The number of nitrogens with two attached hydrogens (primary N) is 1. The molecule has 3 heteroatoms. The monoisotopic (exact) mass is 191 g/mol. The van der Waals surface area contributed by atoms with Crippen LogP contribution < -0.4 is 5.73 Å². The standard InChI is InChI=1S/C11H13NO2/c12-2-1-7-3-8-5-10(13)11(14)6-9(8)4-7/h3,5-6,13-14H,1-2,4,12H2. The molecule has 0 saturated carbocycles. The van der Waals surface area contributed by atoms with Gasteiger partial charge in [0.1, 0.15) is 0 Å². The minimum Gasteiger partial charge on any atom is -0.504 e. The Morgan fingerprint density at radius 3 is 2.64 bits per heavy atom. The first-order chi connectivity index (χ1) is 6.70. The Hall–Kier alpha value is -1.48. The van der Waals surface area contributed by atoms with Gasteiger partial charge in [0.05, 0.1) is 0 Å². The SMILES string of the molecule is NCCC1=Cc2cc(O)c(O)cc2C1. The fraction of sp³-hybridized carbons (Fsp3) is 0.273. The van der Waals surface area contributed by atoms with Crippen LogP contribution in [0.1, 0.15) is 17.5 Å². The zero-order valence-electron chi connectivity index (χ0n) is 7.83. The van der Waals surface area contributed by atoms with E-state index in [2.05, 4.69) is 0 Å². The Morgan fingerprint density at radius 2 is 1.93 bits per heavy atom. The van der Waals surface area contributed by atoms with E-state index in [9.17, 15) is 10.2 Å².